The van der Waals surface area contributed by atoms with Gasteiger partial charge >= 0.3 is 4.87 Å². The van der Waals surface area contributed by atoms with Gasteiger partial charge in [0.05, 0.1) is 17.1 Å². The lowest BCUT2D eigenvalue weighted by Crippen LogP contribution is -2.23. The molecule has 2 rings (SSSR count). The lowest BCUT2D eigenvalue weighted by atomic mass is 10.2. The standard InChI is InChI=1S/C10H8ClN3O2S/c11-8-1-2-12-4-7(8)9(15)13-3-6-5-17-10(16)14-6/h1-2,4-5H,3H2,(H,13,15)(H,14,16). The third kappa shape index (κ3) is 2.92. The highest BCUT2D eigenvalue weighted by atomic mass is 35.5. The summed E-state index contributed by atoms with van der Waals surface area (Å²) < 4.78 is 0. The molecule has 0 radical (unpaired) electrons. The number of rotatable bonds is 3. The number of aromatic amines is 1. The Hall–Kier alpha value is -1.66. The molecule has 2 aromatic rings. The van der Waals surface area contributed by atoms with Gasteiger partial charge in [-0.25, -0.2) is 0 Å². The normalized spacial score (nSPS) is 10.2. The zero-order valence-electron chi connectivity index (χ0n) is 8.57. The topological polar surface area (TPSA) is 74.8 Å². The molecule has 0 aromatic carbocycles. The number of H-pyrrole nitrogens is 1. The van der Waals surface area contributed by atoms with E-state index in [0.717, 1.165) is 11.3 Å². The zero-order chi connectivity index (χ0) is 12.3. The van der Waals surface area contributed by atoms with Crippen LogP contribution < -0.4 is 10.2 Å². The molecule has 0 saturated heterocycles. The van der Waals surface area contributed by atoms with Crippen LogP contribution in [0.2, 0.25) is 5.02 Å². The van der Waals surface area contributed by atoms with Gasteiger partial charge in [0, 0.05) is 23.5 Å². The number of nitrogens with one attached hydrogen (secondary N) is 2. The summed E-state index contributed by atoms with van der Waals surface area (Å²) in [4.78, 5) is 28.9. The second-order valence-electron chi connectivity index (χ2n) is 3.21. The maximum Gasteiger partial charge on any atom is 0.304 e. The number of hydrogen-bond donors (Lipinski definition) is 2. The molecule has 0 saturated carbocycles. The van der Waals surface area contributed by atoms with Crippen LogP contribution in [0.5, 0.6) is 0 Å². The molecule has 5 nitrogen and oxygen atoms in total. The fourth-order valence-electron chi connectivity index (χ4n) is 1.22. The van der Waals surface area contributed by atoms with Crippen LogP contribution in [0.1, 0.15) is 16.1 Å². The number of carbonyl (C=O) groups is 1. The van der Waals surface area contributed by atoms with E-state index in [1.807, 2.05) is 0 Å². The molecule has 7 heteroatoms. The van der Waals surface area contributed by atoms with E-state index in [1.54, 1.807) is 11.4 Å². The Morgan fingerprint density at radius 1 is 1.59 bits per heavy atom. The zero-order valence-corrected chi connectivity index (χ0v) is 10.1. The van der Waals surface area contributed by atoms with Gasteiger partial charge in [0.1, 0.15) is 0 Å². The molecule has 0 atom stereocenters. The first-order valence-corrected chi connectivity index (χ1v) is 5.97. The van der Waals surface area contributed by atoms with Crippen molar-refractivity contribution in [3.05, 3.63) is 49.8 Å². The van der Waals surface area contributed by atoms with E-state index in [-0.39, 0.29) is 17.3 Å². The van der Waals surface area contributed by atoms with E-state index >= 15 is 0 Å². The highest BCUT2D eigenvalue weighted by Crippen LogP contribution is 2.13. The van der Waals surface area contributed by atoms with Crippen LogP contribution >= 0.6 is 22.9 Å². The SMILES string of the molecule is O=C(NCc1csc(=O)[nH]1)c1cnccc1Cl. The highest BCUT2D eigenvalue weighted by Gasteiger charge is 2.09. The summed E-state index contributed by atoms with van der Waals surface area (Å²) in [5.41, 5.74) is 0.972. The van der Waals surface area contributed by atoms with Crippen LogP contribution in [0.25, 0.3) is 0 Å². The number of thiazole rings is 1. The molecule has 17 heavy (non-hydrogen) atoms. The van der Waals surface area contributed by atoms with Crippen molar-refractivity contribution in [1.82, 2.24) is 15.3 Å². The van der Waals surface area contributed by atoms with Crippen molar-refractivity contribution in [2.24, 2.45) is 0 Å². The molecule has 0 aliphatic carbocycles. The van der Waals surface area contributed by atoms with Gasteiger partial charge in [-0.2, -0.15) is 0 Å². The van der Waals surface area contributed by atoms with E-state index in [2.05, 4.69) is 15.3 Å². The average molecular weight is 270 g/mol. The van der Waals surface area contributed by atoms with Crippen molar-refractivity contribution in [2.75, 3.05) is 0 Å². The van der Waals surface area contributed by atoms with Crippen molar-refractivity contribution >= 4 is 28.8 Å². The minimum Gasteiger partial charge on any atom is -0.346 e. The first-order valence-electron chi connectivity index (χ1n) is 4.71. The van der Waals surface area contributed by atoms with E-state index in [1.165, 1.54) is 12.4 Å². The minimum atomic E-state index is -0.324. The Kier molecular flexibility index (Phi) is 3.55. The molecule has 88 valence electrons. The summed E-state index contributed by atoms with van der Waals surface area (Å²) in [6.45, 7) is 0.253. The van der Waals surface area contributed by atoms with E-state index < -0.39 is 0 Å². The molecular weight excluding hydrogens is 262 g/mol. The fraction of sp³-hybridized carbons (Fsp3) is 0.100. The van der Waals surface area contributed by atoms with Crippen LogP contribution in [-0.2, 0) is 6.54 Å². The van der Waals surface area contributed by atoms with Gasteiger partial charge in [-0.05, 0) is 6.07 Å². The molecule has 2 aromatic heterocycles. The molecular formula is C10H8ClN3O2S. The predicted octanol–water partition coefficient (Wildman–Crippen LogP) is 1.41. The molecule has 0 spiro atoms. The van der Waals surface area contributed by atoms with Gasteiger partial charge in [0.2, 0.25) is 0 Å². The van der Waals surface area contributed by atoms with E-state index in [0.29, 0.717) is 16.3 Å². The molecule has 0 bridgehead atoms. The lowest BCUT2D eigenvalue weighted by Gasteiger charge is -2.04. The fourth-order valence-corrected chi connectivity index (χ4v) is 1.99. The van der Waals surface area contributed by atoms with Crippen LogP contribution in [0.3, 0.4) is 0 Å². The van der Waals surface area contributed by atoms with Crippen LogP contribution in [-0.4, -0.2) is 15.9 Å². The third-order valence-electron chi connectivity index (χ3n) is 2.02. The Morgan fingerprint density at radius 2 is 2.41 bits per heavy atom. The number of aromatic nitrogens is 2. The number of hydrogen-bond acceptors (Lipinski definition) is 4. The van der Waals surface area contributed by atoms with Crippen molar-refractivity contribution in [3.8, 4) is 0 Å². The second kappa shape index (κ2) is 5.11. The molecule has 0 aliphatic rings. The molecule has 0 unspecified atom stereocenters. The Morgan fingerprint density at radius 3 is 3.06 bits per heavy atom. The highest BCUT2D eigenvalue weighted by molar-refractivity contribution is 7.07. The van der Waals surface area contributed by atoms with Crippen LogP contribution in [0.4, 0.5) is 0 Å². The van der Waals surface area contributed by atoms with Crippen LogP contribution in [0, 0.1) is 0 Å². The Labute approximate surface area is 105 Å². The van der Waals surface area contributed by atoms with Crippen molar-refractivity contribution in [1.29, 1.82) is 0 Å². The van der Waals surface area contributed by atoms with Gasteiger partial charge in [-0.3, -0.25) is 14.6 Å². The van der Waals surface area contributed by atoms with Crippen molar-refractivity contribution in [2.45, 2.75) is 6.54 Å². The first kappa shape index (κ1) is 11.8. The summed E-state index contributed by atoms with van der Waals surface area (Å²) in [5, 5.41) is 4.65. The maximum absolute atomic E-state index is 11.7. The maximum atomic E-state index is 11.7. The Bertz CT molecular complexity index is 593. The first-order chi connectivity index (χ1) is 8.16. The summed E-state index contributed by atoms with van der Waals surface area (Å²) in [5.74, 6) is -0.324. The molecule has 0 fully saturated rings. The summed E-state index contributed by atoms with van der Waals surface area (Å²) in [6.07, 6.45) is 2.91. The number of carbonyl (C=O) groups excluding carboxylic acids is 1. The van der Waals surface area contributed by atoms with Gasteiger partial charge in [-0.1, -0.05) is 22.9 Å². The van der Waals surface area contributed by atoms with Crippen molar-refractivity contribution < 1.29 is 4.79 Å². The Balaban J connectivity index is 2.03. The summed E-state index contributed by atoms with van der Waals surface area (Å²) in [6, 6.07) is 1.54. The molecule has 1 amide bonds. The van der Waals surface area contributed by atoms with Gasteiger partial charge in [-0.15, -0.1) is 0 Å². The van der Waals surface area contributed by atoms with Gasteiger partial charge < -0.3 is 10.3 Å². The number of amides is 1. The average Bonchev–Trinajstić information content (AvgIpc) is 2.73. The number of pyridine rings is 1. The van der Waals surface area contributed by atoms with Gasteiger partial charge in [0.25, 0.3) is 5.91 Å². The van der Waals surface area contributed by atoms with Gasteiger partial charge in [0.15, 0.2) is 0 Å². The molecule has 2 heterocycles. The largest absolute Gasteiger partial charge is 0.346 e. The molecule has 0 aliphatic heterocycles. The van der Waals surface area contributed by atoms with E-state index in [9.17, 15) is 9.59 Å². The summed E-state index contributed by atoms with van der Waals surface area (Å²) in [7, 11) is 0. The second-order valence-corrected chi connectivity index (χ2v) is 4.46. The number of halogens is 1. The third-order valence-corrected chi connectivity index (χ3v) is 3.07. The monoisotopic (exact) mass is 269 g/mol. The smallest absolute Gasteiger partial charge is 0.304 e. The molecule has 2 N–H and O–H groups in total. The number of nitrogens with zero attached hydrogens (tertiary/aromatic N) is 1. The lowest BCUT2D eigenvalue weighted by molar-refractivity contribution is 0.0950. The minimum absolute atomic E-state index is 0.145. The quantitative estimate of drug-likeness (QED) is 0.885. The summed E-state index contributed by atoms with van der Waals surface area (Å²) >= 11 is 6.90. The predicted molar refractivity (Wildman–Crippen MR) is 65.4 cm³/mol. The van der Waals surface area contributed by atoms with E-state index in [4.69, 9.17) is 11.6 Å². The van der Waals surface area contributed by atoms with Crippen molar-refractivity contribution in [3.63, 3.8) is 0 Å². The van der Waals surface area contributed by atoms with Crippen LogP contribution in [0.15, 0.2) is 28.6 Å².